The lowest BCUT2D eigenvalue weighted by molar-refractivity contribution is -0.139. The van der Waals surface area contributed by atoms with Crippen molar-refractivity contribution in [2.24, 2.45) is 11.1 Å². The maximum absolute atomic E-state index is 12.0. The van der Waals surface area contributed by atoms with E-state index in [0.29, 0.717) is 13.1 Å². The van der Waals surface area contributed by atoms with Gasteiger partial charge in [-0.1, -0.05) is 6.07 Å². The van der Waals surface area contributed by atoms with E-state index in [2.05, 4.69) is 4.98 Å². The van der Waals surface area contributed by atoms with Gasteiger partial charge in [0.2, 0.25) is 5.91 Å². The van der Waals surface area contributed by atoms with Crippen molar-refractivity contribution in [3.8, 4) is 0 Å². The number of amides is 1. The average molecular weight is 294 g/mol. The maximum atomic E-state index is 12.0. The molecule has 0 saturated heterocycles. The molecule has 0 aliphatic carbocycles. The van der Waals surface area contributed by atoms with E-state index in [-0.39, 0.29) is 30.7 Å². The SMILES string of the molecule is CN(Cc1ccccn1)C(=O)C(C)(C)CN.Cl.Cl. The lowest BCUT2D eigenvalue weighted by Gasteiger charge is -2.27. The molecule has 104 valence electrons. The minimum Gasteiger partial charge on any atom is -0.339 e. The maximum Gasteiger partial charge on any atom is 0.229 e. The number of hydrogen-bond donors (Lipinski definition) is 1. The number of nitrogens with two attached hydrogens (primary N) is 1. The highest BCUT2D eigenvalue weighted by atomic mass is 35.5. The van der Waals surface area contributed by atoms with Crippen molar-refractivity contribution in [3.63, 3.8) is 0 Å². The second-order valence-electron chi connectivity index (χ2n) is 4.57. The normalized spacial score (nSPS) is 10.0. The summed E-state index contributed by atoms with van der Waals surface area (Å²) in [6.45, 7) is 4.57. The van der Waals surface area contributed by atoms with Crippen LogP contribution >= 0.6 is 24.8 Å². The van der Waals surface area contributed by atoms with Crippen molar-refractivity contribution in [2.75, 3.05) is 13.6 Å². The topological polar surface area (TPSA) is 59.2 Å². The van der Waals surface area contributed by atoms with Gasteiger partial charge in [0.05, 0.1) is 17.7 Å². The van der Waals surface area contributed by atoms with Crippen LogP contribution in [0.5, 0.6) is 0 Å². The Kier molecular flexibility index (Phi) is 8.99. The molecule has 0 radical (unpaired) electrons. The molecular formula is C12H21Cl2N3O. The van der Waals surface area contributed by atoms with Crippen LogP contribution in [0.3, 0.4) is 0 Å². The highest BCUT2D eigenvalue weighted by Gasteiger charge is 2.28. The largest absolute Gasteiger partial charge is 0.339 e. The van der Waals surface area contributed by atoms with E-state index in [0.717, 1.165) is 5.69 Å². The van der Waals surface area contributed by atoms with Gasteiger partial charge in [-0.05, 0) is 26.0 Å². The lowest BCUT2D eigenvalue weighted by atomic mass is 9.92. The third-order valence-electron chi connectivity index (χ3n) is 2.56. The van der Waals surface area contributed by atoms with Gasteiger partial charge in [0.15, 0.2) is 0 Å². The zero-order valence-electron chi connectivity index (χ0n) is 10.9. The van der Waals surface area contributed by atoms with Crippen LogP contribution in [0, 0.1) is 5.41 Å². The lowest BCUT2D eigenvalue weighted by Crippen LogP contribution is -2.42. The number of halogens is 2. The molecule has 1 amide bonds. The molecule has 1 aromatic heterocycles. The predicted octanol–water partition coefficient (Wildman–Crippen LogP) is 1.87. The molecule has 0 aromatic carbocycles. The standard InChI is InChI=1S/C12H19N3O.2ClH/c1-12(2,9-13)11(16)15(3)8-10-6-4-5-7-14-10;;/h4-7H,8-9,13H2,1-3H3;2*1H. The molecular weight excluding hydrogens is 273 g/mol. The van der Waals surface area contributed by atoms with E-state index >= 15 is 0 Å². The summed E-state index contributed by atoms with van der Waals surface area (Å²) < 4.78 is 0. The third kappa shape index (κ3) is 5.21. The average Bonchev–Trinajstić information content (AvgIpc) is 2.29. The molecule has 0 saturated carbocycles. The second kappa shape index (κ2) is 8.29. The first kappa shape index (κ1) is 19.5. The number of carbonyl (C=O) groups is 1. The Bertz CT molecular complexity index is 358. The molecule has 0 spiro atoms. The van der Waals surface area contributed by atoms with Crippen molar-refractivity contribution >= 4 is 30.7 Å². The highest BCUT2D eigenvalue weighted by Crippen LogP contribution is 2.17. The van der Waals surface area contributed by atoms with Crippen molar-refractivity contribution < 1.29 is 4.79 Å². The summed E-state index contributed by atoms with van der Waals surface area (Å²) in [6.07, 6.45) is 1.72. The van der Waals surface area contributed by atoms with Gasteiger partial charge in [-0.2, -0.15) is 0 Å². The molecule has 0 bridgehead atoms. The molecule has 0 unspecified atom stereocenters. The Balaban J connectivity index is 0. The summed E-state index contributed by atoms with van der Waals surface area (Å²) in [5, 5.41) is 0. The molecule has 0 fully saturated rings. The van der Waals surface area contributed by atoms with E-state index in [1.807, 2.05) is 32.0 Å². The van der Waals surface area contributed by atoms with Crippen LogP contribution in [-0.4, -0.2) is 29.4 Å². The fraction of sp³-hybridized carbons (Fsp3) is 0.500. The molecule has 2 N–H and O–H groups in total. The molecule has 6 heteroatoms. The third-order valence-corrected chi connectivity index (χ3v) is 2.56. The van der Waals surface area contributed by atoms with E-state index < -0.39 is 5.41 Å². The molecule has 4 nitrogen and oxygen atoms in total. The Morgan fingerprint density at radius 3 is 2.44 bits per heavy atom. The van der Waals surface area contributed by atoms with Gasteiger partial charge in [-0.25, -0.2) is 0 Å². The van der Waals surface area contributed by atoms with Crippen LogP contribution in [0.2, 0.25) is 0 Å². The molecule has 1 aromatic rings. The molecule has 18 heavy (non-hydrogen) atoms. The first-order valence-corrected chi connectivity index (χ1v) is 5.33. The van der Waals surface area contributed by atoms with Gasteiger partial charge in [-0.3, -0.25) is 9.78 Å². The van der Waals surface area contributed by atoms with Crippen LogP contribution in [0.15, 0.2) is 24.4 Å². The number of pyridine rings is 1. The van der Waals surface area contributed by atoms with Gasteiger partial charge < -0.3 is 10.6 Å². The van der Waals surface area contributed by atoms with Crippen LogP contribution in [0.25, 0.3) is 0 Å². The Morgan fingerprint density at radius 2 is 2.00 bits per heavy atom. The van der Waals surface area contributed by atoms with E-state index in [1.54, 1.807) is 18.1 Å². The van der Waals surface area contributed by atoms with Crippen molar-refractivity contribution in [2.45, 2.75) is 20.4 Å². The van der Waals surface area contributed by atoms with Gasteiger partial charge >= 0.3 is 0 Å². The first-order valence-electron chi connectivity index (χ1n) is 5.33. The Hall–Kier alpha value is -0.840. The highest BCUT2D eigenvalue weighted by molar-refractivity contribution is 5.85. The van der Waals surface area contributed by atoms with Crippen LogP contribution in [-0.2, 0) is 11.3 Å². The van der Waals surface area contributed by atoms with Crippen molar-refractivity contribution in [1.29, 1.82) is 0 Å². The fourth-order valence-electron chi connectivity index (χ4n) is 1.41. The monoisotopic (exact) mass is 293 g/mol. The molecule has 1 heterocycles. The van der Waals surface area contributed by atoms with E-state index in [1.165, 1.54) is 0 Å². The van der Waals surface area contributed by atoms with Crippen LogP contribution in [0.4, 0.5) is 0 Å². The van der Waals surface area contributed by atoms with Gasteiger partial charge in [0.25, 0.3) is 0 Å². The summed E-state index contributed by atoms with van der Waals surface area (Å²) in [5.74, 6) is 0.0423. The van der Waals surface area contributed by atoms with Crippen LogP contribution < -0.4 is 5.73 Å². The quantitative estimate of drug-likeness (QED) is 0.922. The van der Waals surface area contributed by atoms with Crippen molar-refractivity contribution in [1.82, 2.24) is 9.88 Å². The Labute approximate surface area is 121 Å². The zero-order chi connectivity index (χ0) is 12.2. The zero-order valence-corrected chi connectivity index (χ0v) is 12.6. The summed E-state index contributed by atoms with van der Waals surface area (Å²) in [6, 6.07) is 5.67. The minimum atomic E-state index is -0.510. The summed E-state index contributed by atoms with van der Waals surface area (Å²) in [4.78, 5) is 17.9. The van der Waals surface area contributed by atoms with Gasteiger partial charge in [-0.15, -0.1) is 24.8 Å². The minimum absolute atomic E-state index is 0. The summed E-state index contributed by atoms with van der Waals surface area (Å²) in [5.41, 5.74) is 5.95. The number of rotatable bonds is 4. The number of nitrogens with zero attached hydrogens (tertiary/aromatic N) is 2. The van der Waals surface area contributed by atoms with Crippen molar-refractivity contribution in [3.05, 3.63) is 30.1 Å². The molecule has 0 atom stereocenters. The molecule has 0 aliphatic rings. The van der Waals surface area contributed by atoms with Gasteiger partial charge in [0, 0.05) is 19.8 Å². The number of aromatic nitrogens is 1. The molecule has 1 rings (SSSR count). The van der Waals surface area contributed by atoms with Crippen LogP contribution in [0.1, 0.15) is 19.5 Å². The summed E-state index contributed by atoms with van der Waals surface area (Å²) >= 11 is 0. The first-order chi connectivity index (χ1) is 7.47. The summed E-state index contributed by atoms with van der Waals surface area (Å²) in [7, 11) is 1.77. The number of carbonyl (C=O) groups excluding carboxylic acids is 1. The molecule has 0 aliphatic heterocycles. The fourth-order valence-corrected chi connectivity index (χ4v) is 1.41. The predicted molar refractivity (Wildman–Crippen MR) is 78.0 cm³/mol. The van der Waals surface area contributed by atoms with Gasteiger partial charge in [0.1, 0.15) is 0 Å². The second-order valence-corrected chi connectivity index (χ2v) is 4.57. The Morgan fingerprint density at radius 1 is 1.39 bits per heavy atom. The van der Waals surface area contributed by atoms with E-state index in [9.17, 15) is 4.79 Å². The van der Waals surface area contributed by atoms with E-state index in [4.69, 9.17) is 5.73 Å². The smallest absolute Gasteiger partial charge is 0.229 e. The number of hydrogen-bond acceptors (Lipinski definition) is 3.